The fraction of sp³-hybridized carbons (Fsp3) is 0.769. The zero-order valence-corrected chi connectivity index (χ0v) is 10.6. The Kier molecular flexibility index (Phi) is 3.30. The van der Waals surface area contributed by atoms with Gasteiger partial charge in [-0.15, -0.1) is 0 Å². The minimum Gasteiger partial charge on any atom is -0.334 e. The lowest BCUT2D eigenvalue weighted by Crippen LogP contribution is -2.40. The summed E-state index contributed by atoms with van der Waals surface area (Å²) in [4.78, 5) is 14.4. The van der Waals surface area contributed by atoms with E-state index in [0.29, 0.717) is 17.7 Å². The van der Waals surface area contributed by atoms with Gasteiger partial charge in [-0.2, -0.15) is 15.4 Å². The van der Waals surface area contributed by atoms with Crippen LogP contribution in [0.15, 0.2) is 6.20 Å². The number of aromatic amines is 1. The van der Waals surface area contributed by atoms with E-state index in [1.54, 1.807) is 0 Å². The maximum Gasteiger partial charge on any atom is 0.276 e. The number of nitrogens with one attached hydrogen (secondary N) is 1. The molecule has 0 aromatic carbocycles. The minimum absolute atomic E-state index is 0.0526. The van der Waals surface area contributed by atoms with E-state index in [9.17, 15) is 4.79 Å². The highest BCUT2D eigenvalue weighted by Gasteiger charge is 2.36. The zero-order valence-electron chi connectivity index (χ0n) is 10.6. The van der Waals surface area contributed by atoms with Crippen molar-refractivity contribution in [1.29, 1.82) is 0 Å². The van der Waals surface area contributed by atoms with Crippen molar-refractivity contribution in [3.63, 3.8) is 0 Å². The molecule has 2 fully saturated rings. The quantitative estimate of drug-likeness (QED) is 0.870. The van der Waals surface area contributed by atoms with Crippen molar-refractivity contribution in [2.75, 3.05) is 6.54 Å². The summed E-state index contributed by atoms with van der Waals surface area (Å²) >= 11 is 0. The van der Waals surface area contributed by atoms with E-state index >= 15 is 0 Å². The number of hydrogen-bond acceptors (Lipinski definition) is 3. The molecule has 0 bridgehead atoms. The monoisotopic (exact) mass is 248 g/mol. The molecule has 98 valence electrons. The van der Waals surface area contributed by atoms with Gasteiger partial charge in [0.15, 0.2) is 5.69 Å². The third kappa shape index (κ3) is 2.13. The Bertz CT molecular complexity index is 397. The highest BCUT2D eigenvalue weighted by molar-refractivity contribution is 5.92. The molecule has 1 saturated heterocycles. The Morgan fingerprint density at radius 3 is 2.78 bits per heavy atom. The molecule has 1 atom stereocenters. The van der Waals surface area contributed by atoms with Crippen LogP contribution in [0.5, 0.6) is 0 Å². The molecule has 1 saturated carbocycles. The first-order valence-corrected chi connectivity index (χ1v) is 7.03. The number of H-pyrrole nitrogens is 1. The summed E-state index contributed by atoms with van der Waals surface area (Å²) in [6.45, 7) is 0.882. The molecule has 18 heavy (non-hydrogen) atoms. The van der Waals surface area contributed by atoms with Crippen molar-refractivity contribution in [2.45, 2.75) is 51.0 Å². The van der Waals surface area contributed by atoms with Gasteiger partial charge in [-0.25, -0.2) is 0 Å². The maximum absolute atomic E-state index is 12.4. The Hall–Kier alpha value is -1.39. The summed E-state index contributed by atoms with van der Waals surface area (Å²) < 4.78 is 0. The second-order valence-electron chi connectivity index (χ2n) is 5.46. The standard InChI is InChI=1S/C13H20N4O/c18-13(11-9-14-16-15-11)17-8-4-7-12(17)10-5-2-1-3-6-10/h9-10,12H,1-8H2,(H,14,15,16)/t12-/m1/s1. The van der Waals surface area contributed by atoms with Crippen molar-refractivity contribution in [3.8, 4) is 0 Å². The number of likely N-dealkylation sites (tertiary alicyclic amines) is 1. The molecule has 2 aliphatic rings. The fourth-order valence-electron chi connectivity index (χ4n) is 3.51. The van der Waals surface area contributed by atoms with Crippen LogP contribution >= 0.6 is 0 Å². The topological polar surface area (TPSA) is 61.9 Å². The Labute approximate surface area is 107 Å². The molecule has 0 radical (unpaired) electrons. The van der Waals surface area contributed by atoms with Gasteiger partial charge in [-0.3, -0.25) is 4.79 Å². The number of amides is 1. The van der Waals surface area contributed by atoms with Crippen LogP contribution in [0.25, 0.3) is 0 Å². The second kappa shape index (κ2) is 5.08. The first-order valence-electron chi connectivity index (χ1n) is 7.03. The SMILES string of the molecule is O=C(c1cn[nH]n1)N1CCC[C@@H]1C1CCCCC1. The van der Waals surface area contributed by atoms with Gasteiger partial charge in [0.1, 0.15) is 0 Å². The summed E-state index contributed by atoms with van der Waals surface area (Å²) in [5.74, 6) is 0.758. The summed E-state index contributed by atoms with van der Waals surface area (Å²) in [6, 6.07) is 0.439. The van der Waals surface area contributed by atoms with Gasteiger partial charge in [-0.05, 0) is 31.6 Å². The molecule has 1 amide bonds. The molecule has 0 spiro atoms. The molecule has 1 N–H and O–H groups in total. The molecule has 0 unspecified atom stereocenters. The summed E-state index contributed by atoms with van der Waals surface area (Å²) in [6.07, 6.45) is 10.4. The molecule has 5 nitrogen and oxygen atoms in total. The van der Waals surface area contributed by atoms with Crippen LogP contribution in [0.4, 0.5) is 0 Å². The normalized spacial score (nSPS) is 25.6. The summed E-state index contributed by atoms with van der Waals surface area (Å²) in [5.41, 5.74) is 0.456. The third-order valence-corrected chi connectivity index (χ3v) is 4.39. The molecular formula is C13H20N4O. The number of nitrogens with zero attached hydrogens (tertiary/aromatic N) is 3. The van der Waals surface area contributed by atoms with Crippen LogP contribution in [0, 0.1) is 5.92 Å². The molecule has 3 rings (SSSR count). The van der Waals surface area contributed by atoms with E-state index in [4.69, 9.17) is 0 Å². The van der Waals surface area contributed by atoms with Crippen molar-refractivity contribution < 1.29 is 4.79 Å². The molecule has 1 aromatic rings. The van der Waals surface area contributed by atoms with Crippen LogP contribution in [0.2, 0.25) is 0 Å². The molecular weight excluding hydrogens is 228 g/mol. The fourth-order valence-corrected chi connectivity index (χ4v) is 3.51. The summed E-state index contributed by atoms with van der Waals surface area (Å²) in [7, 11) is 0. The first kappa shape index (κ1) is 11.7. The van der Waals surface area contributed by atoms with Crippen molar-refractivity contribution in [3.05, 3.63) is 11.9 Å². The molecule has 1 aliphatic carbocycles. The third-order valence-electron chi connectivity index (χ3n) is 4.39. The maximum atomic E-state index is 12.4. The second-order valence-corrected chi connectivity index (χ2v) is 5.46. The lowest BCUT2D eigenvalue weighted by Gasteiger charge is -2.33. The van der Waals surface area contributed by atoms with Crippen LogP contribution in [0.3, 0.4) is 0 Å². The largest absolute Gasteiger partial charge is 0.334 e. The van der Waals surface area contributed by atoms with Gasteiger partial charge >= 0.3 is 0 Å². The van der Waals surface area contributed by atoms with E-state index < -0.39 is 0 Å². The zero-order chi connectivity index (χ0) is 12.4. The lowest BCUT2D eigenvalue weighted by atomic mass is 9.83. The Morgan fingerprint density at radius 1 is 1.22 bits per heavy atom. The van der Waals surface area contributed by atoms with Gasteiger partial charge < -0.3 is 4.90 Å². The highest BCUT2D eigenvalue weighted by atomic mass is 16.2. The Balaban J connectivity index is 1.72. The highest BCUT2D eigenvalue weighted by Crippen LogP contribution is 2.34. The van der Waals surface area contributed by atoms with Crippen LogP contribution in [0.1, 0.15) is 55.4 Å². The minimum atomic E-state index is 0.0526. The van der Waals surface area contributed by atoms with Crippen LogP contribution in [-0.4, -0.2) is 38.8 Å². The average molecular weight is 248 g/mol. The number of hydrogen-bond donors (Lipinski definition) is 1. The van der Waals surface area contributed by atoms with E-state index in [1.165, 1.54) is 38.3 Å². The van der Waals surface area contributed by atoms with Gasteiger partial charge in [0.05, 0.1) is 6.20 Å². The van der Waals surface area contributed by atoms with Crippen molar-refractivity contribution in [1.82, 2.24) is 20.3 Å². The predicted molar refractivity (Wildman–Crippen MR) is 67.0 cm³/mol. The van der Waals surface area contributed by atoms with E-state index in [2.05, 4.69) is 15.4 Å². The van der Waals surface area contributed by atoms with Crippen LogP contribution < -0.4 is 0 Å². The first-order chi connectivity index (χ1) is 8.86. The van der Waals surface area contributed by atoms with Crippen molar-refractivity contribution >= 4 is 5.91 Å². The number of aromatic nitrogens is 3. The van der Waals surface area contributed by atoms with E-state index in [1.807, 2.05) is 4.90 Å². The molecule has 5 heteroatoms. The lowest BCUT2D eigenvalue weighted by molar-refractivity contribution is 0.0655. The van der Waals surface area contributed by atoms with Gasteiger partial charge in [-0.1, -0.05) is 19.3 Å². The average Bonchev–Trinajstić information content (AvgIpc) is 3.10. The van der Waals surface area contributed by atoms with Gasteiger partial charge in [0.2, 0.25) is 0 Å². The number of carbonyl (C=O) groups is 1. The molecule has 2 heterocycles. The van der Waals surface area contributed by atoms with Gasteiger partial charge in [0.25, 0.3) is 5.91 Å². The smallest absolute Gasteiger partial charge is 0.276 e. The summed E-state index contributed by atoms with van der Waals surface area (Å²) in [5, 5.41) is 10.2. The number of carbonyl (C=O) groups excluding carboxylic acids is 1. The molecule has 1 aromatic heterocycles. The van der Waals surface area contributed by atoms with E-state index in [-0.39, 0.29) is 5.91 Å². The van der Waals surface area contributed by atoms with Gasteiger partial charge in [0, 0.05) is 12.6 Å². The Morgan fingerprint density at radius 2 is 2.06 bits per heavy atom. The molecule has 1 aliphatic heterocycles. The predicted octanol–water partition coefficient (Wildman–Crippen LogP) is 1.99. The number of rotatable bonds is 2. The van der Waals surface area contributed by atoms with E-state index in [0.717, 1.165) is 19.4 Å². The van der Waals surface area contributed by atoms with Crippen LogP contribution in [-0.2, 0) is 0 Å². The van der Waals surface area contributed by atoms with Crippen molar-refractivity contribution in [2.24, 2.45) is 5.92 Å².